The topological polar surface area (TPSA) is 55.6 Å². The van der Waals surface area contributed by atoms with E-state index in [0.717, 1.165) is 29.5 Å². The summed E-state index contributed by atoms with van der Waals surface area (Å²) in [5, 5.41) is 17.2. The van der Waals surface area contributed by atoms with E-state index < -0.39 is 0 Å². The summed E-state index contributed by atoms with van der Waals surface area (Å²) in [5.74, 6) is 0. The fourth-order valence-corrected chi connectivity index (χ4v) is 3.44. The van der Waals surface area contributed by atoms with Gasteiger partial charge in [0.2, 0.25) is 5.16 Å². The normalized spacial score (nSPS) is 21.2. The molecule has 3 rings (SSSR count). The first-order chi connectivity index (χ1) is 8.42. The summed E-state index contributed by atoms with van der Waals surface area (Å²) in [6.45, 7) is 1.87. The predicted molar refractivity (Wildman–Crippen MR) is 67.0 cm³/mol. The predicted octanol–water partition coefficient (Wildman–Crippen LogP) is 1.46. The van der Waals surface area contributed by atoms with Gasteiger partial charge in [0.15, 0.2) is 0 Å². The van der Waals surface area contributed by atoms with E-state index in [-0.39, 0.29) is 0 Å². The maximum absolute atomic E-state index is 4.13. The van der Waals surface area contributed by atoms with Crippen molar-refractivity contribution in [3.05, 3.63) is 0 Å². The molecule has 0 unspecified atom stereocenters. The molecule has 0 bridgehead atoms. The minimum Gasteiger partial charge on any atom is -0.312 e. The van der Waals surface area contributed by atoms with Crippen molar-refractivity contribution >= 4 is 11.8 Å². The molecule has 1 aromatic heterocycles. The summed E-state index contributed by atoms with van der Waals surface area (Å²) >= 11 is 1.86. The van der Waals surface area contributed by atoms with Crippen molar-refractivity contribution in [2.45, 2.75) is 61.5 Å². The minimum atomic E-state index is 0.733. The minimum absolute atomic E-state index is 0.733. The van der Waals surface area contributed by atoms with Gasteiger partial charge in [0, 0.05) is 17.8 Å². The van der Waals surface area contributed by atoms with Crippen LogP contribution in [0.2, 0.25) is 0 Å². The standard InChI is InChI=1S/C11H19N5S/c1-2-4-10(3-1)17-11-13-14-15-16(11)8-7-12-9-5-6-9/h9-10,12H,1-8H2. The van der Waals surface area contributed by atoms with Crippen LogP contribution in [-0.4, -0.2) is 38.0 Å². The quantitative estimate of drug-likeness (QED) is 0.832. The molecule has 1 N–H and O–H groups in total. The summed E-state index contributed by atoms with van der Waals surface area (Å²) in [4.78, 5) is 0. The third kappa shape index (κ3) is 3.19. The maximum atomic E-state index is 4.13. The first kappa shape index (κ1) is 11.5. The molecule has 2 saturated carbocycles. The van der Waals surface area contributed by atoms with Crippen molar-refractivity contribution in [2.75, 3.05) is 6.54 Å². The van der Waals surface area contributed by atoms with Crippen LogP contribution in [0.3, 0.4) is 0 Å². The highest BCUT2D eigenvalue weighted by molar-refractivity contribution is 7.99. The SMILES string of the molecule is C1CCC(Sc2nnnn2CCNC2CC2)C1. The number of hydrogen-bond donors (Lipinski definition) is 1. The Labute approximate surface area is 106 Å². The number of hydrogen-bond acceptors (Lipinski definition) is 5. The molecule has 0 aliphatic heterocycles. The van der Waals surface area contributed by atoms with Crippen molar-refractivity contribution in [2.24, 2.45) is 0 Å². The van der Waals surface area contributed by atoms with Gasteiger partial charge in [-0.1, -0.05) is 24.6 Å². The van der Waals surface area contributed by atoms with Gasteiger partial charge in [-0.2, -0.15) is 0 Å². The molecule has 2 aliphatic carbocycles. The molecule has 2 fully saturated rings. The van der Waals surface area contributed by atoms with Gasteiger partial charge in [0.25, 0.3) is 0 Å². The van der Waals surface area contributed by atoms with Gasteiger partial charge in [-0.25, -0.2) is 4.68 Å². The lowest BCUT2D eigenvalue weighted by Crippen LogP contribution is -2.22. The Morgan fingerprint density at radius 2 is 2.06 bits per heavy atom. The Bertz CT molecular complexity index is 356. The average Bonchev–Trinajstić information content (AvgIpc) is 2.84. The molecule has 0 radical (unpaired) electrons. The van der Waals surface area contributed by atoms with Crippen LogP contribution in [0.5, 0.6) is 0 Å². The molecule has 1 heterocycles. The van der Waals surface area contributed by atoms with Crippen molar-refractivity contribution < 1.29 is 0 Å². The molecule has 0 atom stereocenters. The highest BCUT2D eigenvalue weighted by Gasteiger charge is 2.21. The Hall–Kier alpha value is -0.620. The Balaban J connectivity index is 1.50. The Morgan fingerprint density at radius 3 is 2.82 bits per heavy atom. The van der Waals surface area contributed by atoms with E-state index in [4.69, 9.17) is 0 Å². The molecule has 2 aliphatic rings. The number of nitrogens with one attached hydrogen (secondary N) is 1. The van der Waals surface area contributed by atoms with Gasteiger partial charge in [-0.15, -0.1) is 5.10 Å². The molecule has 6 heteroatoms. The first-order valence-electron chi connectivity index (χ1n) is 6.58. The average molecular weight is 253 g/mol. The van der Waals surface area contributed by atoms with E-state index in [1.165, 1.54) is 38.5 Å². The smallest absolute Gasteiger partial charge is 0.209 e. The molecule has 1 aromatic rings. The number of rotatable bonds is 6. The second-order valence-electron chi connectivity index (χ2n) is 4.94. The molecule has 17 heavy (non-hydrogen) atoms. The molecular formula is C11H19N5S. The number of aromatic nitrogens is 4. The third-order valence-corrected chi connectivity index (χ3v) is 4.72. The molecule has 0 saturated heterocycles. The van der Waals surface area contributed by atoms with Crippen molar-refractivity contribution in [1.29, 1.82) is 0 Å². The molecule has 94 valence electrons. The maximum Gasteiger partial charge on any atom is 0.209 e. The highest BCUT2D eigenvalue weighted by atomic mass is 32.2. The number of thioether (sulfide) groups is 1. The summed E-state index contributed by atoms with van der Waals surface area (Å²) in [6.07, 6.45) is 8.03. The van der Waals surface area contributed by atoms with Gasteiger partial charge in [0.05, 0.1) is 6.54 Å². The fraction of sp³-hybridized carbons (Fsp3) is 0.909. The lowest BCUT2D eigenvalue weighted by molar-refractivity contribution is 0.509. The van der Waals surface area contributed by atoms with E-state index in [9.17, 15) is 0 Å². The highest BCUT2D eigenvalue weighted by Crippen LogP contribution is 2.33. The molecule has 0 aromatic carbocycles. The molecule has 0 amide bonds. The second kappa shape index (κ2) is 5.35. The molecule has 0 spiro atoms. The largest absolute Gasteiger partial charge is 0.312 e. The van der Waals surface area contributed by atoms with E-state index in [1.807, 2.05) is 16.4 Å². The zero-order chi connectivity index (χ0) is 11.5. The van der Waals surface area contributed by atoms with E-state index in [0.29, 0.717) is 0 Å². The van der Waals surface area contributed by atoms with Crippen molar-refractivity contribution in [3.8, 4) is 0 Å². The van der Waals surface area contributed by atoms with Crippen LogP contribution in [0.1, 0.15) is 38.5 Å². The number of nitrogens with zero attached hydrogens (tertiary/aromatic N) is 4. The van der Waals surface area contributed by atoms with Gasteiger partial charge in [0.1, 0.15) is 0 Å². The van der Waals surface area contributed by atoms with Crippen LogP contribution in [0.4, 0.5) is 0 Å². The van der Waals surface area contributed by atoms with Crippen LogP contribution >= 0.6 is 11.8 Å². The zero-order valence-electron chi connectivity index (χ0n) is 10.0. The van der Waals surface area contributed by atoms with Gasteiger partial charge >= 0.3 is 0 Å². The van der Waals surface area contributed by atoms with E-state index in [2.05, 4.69) is 20.8 Å². The fourth-order valence-electron chi connectivity index (χ4n) is 2.24. The summed E-state index contributed by atoms with van der Waals surface area (Å²) in [6, 6.07) is 0.761. The van der Waals surface area contributed by atoms with E-state index in [1.54, 1.807) is 0 Å². The van der Waals surface area contributed by atoms with Gasteiger partial charge in [-0.3, -0.25) is 0 Å². The van der Waals surface area contributed by atoms with Crippen LogP contribution < -0.4 is 5.32 Å². The summed E-state index contributed by atoms with van der Waals surface area (Å²) < 4.78 is 1.94. The van der Waals surface area contributed by atoms with Crippen molar-refractivity contribution in [1.82, 2.24) is 25.5 Å². The zero-order valence-corrected chi connectivity index (χ0v) is 10.8. The van der Waals surface area contributed by atoms with Crippen LogP contribution in [0.15, 0.2) is 5.16 Å². The van der Waals surface area contributed by atoms with Gasteiger partial charge in [-0.05, 0) is 36.1 Å². The van der Waals surface area contributed by atoms with Crippen molar-refractivity contribution in [3.63, 3.8) is 0 Å². The van der Waals surface area contributed by atoms with Crippen LogP contribution in [0.25, 0.3) is 0 Å². The Kier molecular flexibility index (Phi) is 3.61. The second-order valence-corrected chi connectivity index (χ2v) is 6.20. The monoisotopic (exact) mass is 253 g/mol. The molecular weight excluding hydrogens is 234 g/mol. The summed E-state index contributed by atoms with van der Waals surface area (Å²) in [7, 11) is 0. The van der Waals surface area contributed by atoms with Crippen LogP contribution in [-0.2, 0) is 6.54 Å². The third-order valence-electron chi connectivity index (χ3n) is 3.41. The Morgan fingerprint density at radius 1 is 1.24 bits per heavy atom. The van der Waals surface area contributed by atoms with Crippen LogP contribution in [0, 0.1) is 0 Å². The molecule has 5 nitrogen and oxygen atoms in total. The lowest BCUT2D eigenvalue weighted by atomic mass is 10.4. The summed E-state index contributed by atoms with van der Waals surface area (Å²) in [5.41, 5.74) is 0. The van der Waals surface area contributed by atoms with E-state index >= 15 is 0 Å². The lowest BCUT2D eigenvalue weighted by Gasteiger charge is -2.08. The first-order valence-corrected chi connectivity index (χ1v) is 7.46. The van der Waals surface area contributed by atoms with Gasteiger partial charge < -0.3 is 5.32 Å². The number of tetrazole rings is 1.